The summed E-state index contributed by atoms with van der Waals surface area (Å²) in [6.07, 6.45) is 1.71. The maximum atomic E-state index is 14.1. The first-order valence-electron chi connectivity index (χ1n) is 12.8. The Kier molecular flexibility index (Phi) is 7.48. The summed E-state index contributed by atoms with van der Waals surface area (Å²) >= 11 is 0. The average Bonchev–Trinajstić information content (AvgIpc) is 3.13. The van der Waals surface area contributed by atoms with E-state index in [0.29, 0.717) is 23.4 Å². The lowest BCUT2D eigenvalue weighted by Gasteiger charge is -2.27. The van der Waals surface area contributed by atoms with Crippen LogP contribution in [0.2, 0.25) is 0 Å². The van der Waals surface area contributed by atoms with Crippen LogP contribution in [-0.4, -0.2) is 24.4 Å². The smallest absolute Gasteiger partial charge is 0.338 e. The first-order valence-corrected chi connectivity index (χ1v) is 12.8. The SMILES string of the molecule is CCCCC1(COC(=O)c2ccc(C(C)(C)C)cc2)C(=O)N(c2ccccc2)N(c2ccccc2)C1=O. The van der Waals surface area contributed by atoms with Crippen LogP contribution >= 0.6 is 0 Å². The summed E-state index contributed by atoms with van der Waals surface area (Å²) in [5, 5.41) is 2.83. The zero-order valence-corrected chi connectivity index (χ0v) is 21.9. The van der Waals surface area contributed by atoms with Gasteiger partial charge in [0.05, 0.1) is 16.9 Å². The minimum Gasteiger partial charge on any atom is -0.460 e. The van der Waals surface area contributed by atoms with Crippen LogP contribution in [-0.2, 0) is 19.7 Å². The highest BCUT2D eigenvalue weighted by Gasteiger charge is 2.59. The maximum absolute atomic E-state index is 14.1. The largest absolute Gasteiger partial charge is 0.460 e. The number of rotatable bonds is 8. The van der Waals surface area contributed by atoms with Crippen molar-refractivity contribution in [2.24, 2.45) is 5.41 Å². The predicted octanol–water partition coefficient (Wildman–Crippen LogP) is 6.31. The highest BCUT2D eigenvalue weighted by Crippen LogP contribution is 2.42. The summed E-state index contributed by atoms with van der Waals surface area (Å²) in [7, 11) is 0. The number of hydrogen-bond donors (Lipinski definition) is 0. The number of benzene rings is 3. The Balaban J connectivity index is 1.68. The number of carbonyl (C=O) groups excluding carboxylic acids is 3. The van der Waals surface area contributed by atoms with Gasteiger partial charge in [-0.1, -0.05) is 89.1 Å². The van der Waals surface area contributed by atoms with E-state index < -0.39 is 23.2 Å². The van der Waals surface area contributed by atoms with Crippen molar-refractivity contribution in [3.8, 4) is 0 Å². The third-order valence-electron chi connectivity index (χ3n) is 6.80. The van der Waals surface area contributed by atoms with Gasteiger partial charge < -0.3 is 4.74 Å². The van der Waals surface area contributed by atoms with Crippen molar-refractivity contribution < 1.29 is 19.1 Å². The van der Waals surface area contributed by atoms with Crippen LogP contribution in [0.4, 0.5) is 11.4 Å². The number of hydrogen-bond acceptors (Lipinski definition) is 4. The molecule has 1 aliphatic heterocycles. The van der Waals surface area contributed by atoms with Gasteiger partial charge >= 0.3 is 5.97 Å². The fourth-order valence-corrected chi connectivity index (χ4v) is 4.55. The highest BCUT2D eigenvalue weighted by atomic mass is 16.5. The second-order valence-electron chi connectivity index (χ2n) is 10.5. The van der Waals surface area contributed by atoms with Gasteiger partial charge in [-0.2, -0.15) is 0 Å². The number of amides is 2. The summed E-state index contributed by atoms with van der Waals surface area (Å²) in [5.41, 5.74) is 1.08. The molecule has 0 unspecified atom stereocenters. The first kappa shape index (κ1) is 26.1. The highest BCUT2D eigenvalue weighted by molar-refractivity contribution is 6.26. The van der Waals surface area contributed by atoms with Crippen LogP contribution in [0.5, 0.6) is 0 Å². The van der Waals surface area contributed by atoms with E-state index in [0.717, 1.165) is 12.0 Å². The lowest BCUT2D eigenvalue weighted by atomic mass is 9.82. The molecule has 0 aliphatic carbocycles. The van der Waals surface area contributed by atoms with E-state index in [-0.39, 0.29) is 18.4 Å². The number of unbranched alkanes of at least 4 members (excludes halogenated alkanes) is 1. The molecule has 3 aromatic carbocycles. The molecule has 6 heteroatoms. The summed E-state index contributed by atoms with van der Waals surface area (Å²) in [6.45, 7) is 7.99. The van der Waals surface area contributed by atoms with E-state index >= 15 is 0 Å². The summed E-state index contributed by atoms with van der Waals surface area (Å²) in [4.78, 5) is 41.2. The zero-order valence-electron chi connectivity index (χ0n) is 21.9. The molecule has 0 saturated carbocycles. The number of carbonyl (C=O) groups is 3. The Hall–Kier alpha value is -3.93. The lowest BCUT2D eigenvalue weighted by Crippen LogP contribution is -2.41. The molecule has 2 amide bonds. The molecule has 192 valence electrons. The molecule has 0 atom stereocenters. The Labute approximate surface area is 218 Å². The number of ether oxygens (including phenoxy) is 1. The van der Waals surface area contributed by atoms with Crippen molar-refractivity contribution in [1.82, 2.24) is 0 Å². The van der Waals surface area contributed by atoms with Crippen molar-refractivity contribution in [3.63, 3.8) is 0 Å². The Bertz CT molecular complexity index is 1190. The van der Waals surface area contributed by atoms with Gasteiger partial charge in [0, 0.05) is 0 Å². The second kappa shape index (κ2) is 10.6. The van der Waals surface area contributed by atoms with Crippen LogP contribution < -0.4 is 10.0 Å². The zero-order chi connectivity index (χ0) is 26.6. The van der Waals surface area contributed by atoms with Crippen molar-refractivity contribution in [2.75, 3.05) is 16.6 Å². The van der Waals surface area contributed by atoms with E-state index in [1.165, 1.54) is 10.0 Å². The molecule has 3 aromatic rings. The molecule has 6 nitrogen and oxygen atoms in total. The average molecular weight is 499 g/mol. The molecular formula is C31H34N2O4. The topological polar surface area (TPSA) is 66.9 Å². The Morgan fingerprint density at radius 1 is 0.784 bits per heavy atom. The molecular weight excluding hydrogens is 464 g/mol. The minimum atomic E-state index is -1.51. The van der Waals surface area contributed by atoms with Gasteiger partial charge in [0.15, 0.2) is 5.41 Å². The van der Waals surface area contributed by atoms with Crippen LogP contribution in [0.15, 0.2) is 84.9 Å². The summed E-state index contributed by atoms with van der Waals surface area (Å²) in [5.74, 6) is -1.34. The number of para-hydroxylation sites is 2. The lowest BCUT2D eigenvalue weighted by molar-refractivity contribution is -0.138. The third-order valence-corrected chi connectivity index (χ3v) is 6.80. The van der Waals surface area contributed by atoms with Gasteiger partial charge in [-0.3, -0.25) is 9.59 Å². The van der Waals surface area contributed by atoms with E-state index in [1.807, 2.05) is 55.5 Å². The van der Waals surface area contributed by atoms with Crippen LogP contribution in [0, 0.1) is 5.41 Å². The van der Waals surface area contributed by atoms with Crippen molar-refractivity contribution in [3.05, 3.63) is 96.1 Å². The fourth-order valence-electron chi connectivity index (χ4n) is 4.55. The molecule has 1 heterocycles. The summed E-state index contributed by atoms with van der Waals surface area (Å²) in [6, 6.07) is 25.4. The van der Waals surface area contributed by atoms with Crippen molar-refractivity contribution in [1.29, 1.82) is 0 Å². The maximum Gasteiger partial charge on any atom is 0.338 e. The summed E-state index contributed by atoms with van der Waals surface area (Å²) < 4.78 is 5.71. The van der Waals surface area contributed by atoms with Gasteiger partial charge in [-0.25, -0.2) is 14.8 Å². The number of hydrazine groups is 1. The number of nitrogens with zero attached hydrogens (tertiary/aromatic N) is 2. The van der Waals surface area contributed by atoms with Gasteiger partial charge in [-0.05, 0) is 53.8 Å². The molecule has 1 saturated heterocycles. The molecule has 0 radical (unpaired) electrons. The molecule has 1 aliphatic rings. The fraction of sp³-hybridized carbons (Fsp3) is 0.323. The normalized spacial score (nSPS) is 15.2. The first-order chi connectivity index (χ1) is 17.7. The van der Waals surface area contributed by atoms with E-state index in [2.05, 4.69) is 20.8 Å². The van der Waals surface area contributed by atoms with Gasteiger partial charge in [0.1, 0.15) is 6.61 Å². The monoisotopic (exact) mass is 498 g/mol. The Morgan fingerprint density at radius 3 is 1.70 bits per heavy atom. The molecule has 0 N–H and O–H groups in total. The van der Waals surface area contributed by atoms with Crippen molar-refractivity contribution >= 4 is 29.2 Å². The van der Waals surface area contributed by atoms with Gasteiger partial charge in [-0.15, -0.1) is 0 Å². The molecule has 37 heavy (non-hydrogen) atoms. The van der Waals surface area contributed by atoms with Crippen molar-refractivity contribution in [2.45, 2.75) is 52.4 Å². The van der Waals surface area contributed by atoms with Gasteiger partial charge in [0.2, 0.25) is 0 Å². The van der Waals surface area contributed by atoms with E-state index in [9.17, 15) is 14.4 Å². The standard InChI is InChI=1S/C31H34N2O4/c1-5-6-21-31(22-37-27(34)23-17-19-24(20-18-23)30(2,3)4)28(35)32(25-13-9-7-10-14-25)33(29(31)36)26-15-11-8-12-16-26/h7-20H,5-6,21-22H2,1-4H3. The molecule has 4 rings (SSSR count). The molecule has 1 fully saturated rings. The quantitative estimate of drug-likeness (QED) is 0.270. The number of esters is 1. The molecule has 0 spiro atoms. The van der Waals surface area contributed by atoms with Gasteiger partial charge in [0.25, 0.3) is 11.8 Å². The van der Waals surface area contributed by atoms with Crippen LogP contribution in [0.25, 0.3) is 0 Å². The van der Waals surface area contributed by atoms with Crippen LogP contribution in [0.1, 0.15) is 62.9 Å². The third kappa shape index (κ3) is 5.15. The minimum absolute atomic E-state index is 0.0445. The Morgan fingerprint density at radius 2 is 1.27 bits per heavy atom. The second-order valence-corrected chi connectivity index (χ2v) is 10.5. The number of anilines is 2. The molecule has 0 aromatic heterocycles. The van der Waals surface area contributed by atoms with E-state index in [1.54, 1.807) is 36.4 Å². The van der Waals surface area contributed by atoms with Crippen LogP contribution in [0.3, 0.4) is 0 Å². The molecule has 0 bridgehead atoms. The van der Waals surface area contributed by atoms with E-state index in [4.69, 9.17) is 4.74 Å². The predicted molar refractivity (Wildman–Crippen MR) is 145 cm³/mol.